The molecule has 0 aromatic heterocycles. The molecule has 1 saturated heterocycles. The molecule has 16 heavy (non-hydrogen) atoms. The molecule has 1 aliphatic heterocycles. The Labute approximate surface area is 98.7 Å². The molecule has 1 aromatic carbocycles. The largest absolute Gasteiger partial charge is 0.312 e. The van der Waals surface area contributed by atoms with Gasteiger partial charge in [0, 0.05) is 12.6 Å². The maximum Gasteiger partial charge on any atom is 0.0195 e. The van der Waals surface area contributed by atoms with Gasteiger partial charge in [0.1, 0.15) is 0 Å². The van der Waals surface area contributed by atoms with Crippen molar-refractivity contribution in [3.63, 3.8) is 0 Å². The number of likely N-dealkylation sites (tertiary alicyclic amines) is 1. The molecule has 1 atom stereocenters. The van der Waals surface area contributed by atoms with E-state index in [9.17, 15) is 0 Å². The molecule has 0 amide bonds. The number of benzene rings is 1. The lowest BCUT2D eigenvalue weighted by atomic mass is 10.1. The number of nitrogens with one attached hydrogen (secondary N) is 1. The lowest BCUT2D eigenvalue weighted by molar-refractivity contribution is 0.228. The normalized spacial score (nSPS) is 22.2. The third kappa shape index (κ3) is 3.62. The maximum atomic E-state index is 3.66. The Bertz CT molecular complexity index is 297. The van der Waals surface area contributed by atoms with Crippen LogP contribution in [0.5, 0.6) is 0 Å². The van der Waals surface area contributed by atoms with Gasteiger partial charge in [-0.3, -0.25) is 0 Å². The first kappa shape index (κ1) is 11.6. The van der Waals surface area contributed by atoms with Crippen molar-refractivity contribution in [1.29, 1.82) is 0 Å². The molecule has 1 fully saturated rings. The SMILES string of the molecule is CN1CCCC(NCCc2ccccc2)C1. The van der Waals surface area contributed by atoms with Gasteiger partial charge in [0.2, 0.25) is 0 Å². The Morgan fingerprint density at radius 1 is 1.31 bits per heavy atom. The molecule has 0 saturated carbocycles. The van der Waals surface area contributed by atoms with E-state index in [0.29, 0.717) is 6.04 Å². The fourth-order valence-corrected chi connectivity index (χ4v) is 2.40. The number of hydrogen-bond donors (Lipinski definition) is 1. The summed E-state index contributed by atoms with van der Waals surface area (Å²) in [6, 6.07) is 11.4. The van der Waals surface area contributed by atoms with E-state index in [0.717, 1.165) is 13.0 Å². The molecule has 1 aromatic rings. The fourth-order valence-electron chi connectivity index (χ4n) is 2.40. The van der Waals surface area contributed by atoms with Crippen molar-refractivity contribution in [2.45, 2.75) is 25.3 Å². The average molecular weight is 218 g/mol. The lowest BCUT2D eigenvalue weighted by Crippen LogP contribution is -2.44. The predicted molar refractivity (Wildman–Crippen MR) is 68.7 cm³/mol. The van der Waals surface area contributed by atoms with Crippen molar-refractivity contribution in [1.82, 2.24) is 10.2 Å². The van der Waals surface area contributed by atoms with E-state index >= 15 is 0 Å². The quantitative estimate of drug-likeness (QED) is 0.830. The van der Waals surface area contributed by atoms with E-state index in [1.165, 1.54) is 31.5 Å². The monoisotopic (exact) mass is 218 g/mol. The van der Waals surface area contributed by atoms with Crippen LogP contribution >= 0.6 is 0 Å². The van der Waals surface area contributed by atoms with Crippen molar-refractivity contribution in [2.24, 2.45) is 0 Å². The van der Waals surface area contributed by atoms with Gasteiger partial charge in [0.15, 0.2) is 0 Å². The summed E-state index contributed by atoms with van der Waals surface area (Å²) in [5.74, 6) is 0. The lowest BCUT2D eigenvalue weighted by Gasteiger charge is -2.30. The zero-order valence-electron chi connectivity index (χ0n) is 10.2. The van der Waals surface area contributed by atoms with Crippen molar-refractivity contribution >= 4 is 0 Å². The van der Waals surface area contributed by atoms with Gasteiger partial charge in [-0.1, -0.05) is 30.3 Å². The minimum absolute atomic E-state index is 0.697. The third-order valence-corrected chi connectivity index (χ3v) is 3.31. The van der Waals surface area contributed by atoms with Crippen molar-refractivity contribution in [2.75, 3.05) is 26.7 Å². The number of nitrogens with zero attached hydrogens (tertiary/aromatic N) is 1. The van der Waals surface area contributed by atoms with E-state index < -0.39 is 0 Å². The summed E-state index contributed by atoms with van der Waals surface area (Å²) in [7, 11) is 2.21. The summed E-state index contributed by atoms with van der Waals surface area (Å²) < 4.78 is 0. The van der Waals surface area contributed by atoms with Crippen LogP contribution in [-0.4, -0.2) is 37.6 Å². The second-order valence-electron chi connectivity index (χ2n) is 4.79. The number of likely N-dealkylation sites (N-methyl/N-ethyl adjacent to an activating group) is 1. The summed E-state index contributed by atoms with van der Waals surface area (Å²) in [6.07, 6.45) is 3.81. The summed E-state index contributed by atoms with van der Waals surface area (Å²) in [6.45, 7) is 3.56. The van der Waals surface area contributed by atoms with E-state index in [1.807, 2.05) is 0 Å². The highest BCUT2D eigenvalue weighted by Gasteiger charge is 2.15. The van der Waals surface area contributed by atoms with E-state index in [4.69, 9.17) is 0 Å². The highest BCUT2D eigenvalue weighted by molar-refractivity contribution is 5.14. The van der Waals surface area contributed by atoms with E-state index in [1.54, 1.807) is 0 Å². The first-order chi connectivity index (χ1) is 7.84. The molecule has 2 nitrogen and oxygen atoms in total. The Balaban J connectivity index is 1.68. The van der Waals surface area contributed by atoms with Crippen LogP contribution in [0.2, 0.25) is 0 Å². The van der Waals surface area contributed by atoms with Gasteiger partial charge in [-0.05, 0) is 45.0 Å². The molecule has 1 unspecified atom stereocenters. The van der Waals surface area contributed by atoms with Crippen LogP contribution < -0.4 is 5.32 Å². The minimum atomic E-state index is 0.697. The van der Waals surface area contributed by atoms with E-state index in [2.05, 4.69) is 47.6 Å². The van der Waals surface area contributed by atoms with Gasteiger partial charge in [-0.25, -0.2) is 0 Å². The molecule has 2 heteroatoms. The topological polar surface area (TPSA) is 15.3 Å². The van der Waals surface area contributed by atoms with Gasteiger partial charge < -0.3 is 10.2 Å². The Morgan fingerprint density at radius 3 is 2.88 bits per heavy atom. The van der Waals surface area contributed by atoms with Gasteiger partial charge in [-0.2, -0.15) is 0 Å². The molecule has 0 bridgehead atoms. The summed E-state index contributed by atoms with van der Waals surface area (Å²) in [4.78, 5) is 2.42. The number of piperidine rings is 1. The van der Waals surface area contributed by atoms with Gasteiger partial charge in [0.05, 0.1) is 0 Å². The molecule has 0 spiro atoms. The second-order valence-corrected chi connectivity index (χ2v) is 4.79. The summed E-state index contributed by atoms with van der Waals surface area (Å²) in [5, 5.41) is 3.66. The Hall–Kier alpha value is -0.860. The van der Waals surface area contributed by atoms with E-state index in [-0.39, 0.29) is 0 Å². The van der Waals surface area contributed by atoms with Crippen LogP contribution in [0.25, 0.3) is 0 Å². The standard InChI is InChI=1S/C14H22N2/c1-16-11-5-8-14(12-16)15-10-9-13-6-3-2-4-7-13/h2-4,6-7,14-15H,5,8-12H2,1H3. The molecule has 1 aliphatic rings. The Kier molecular flexibility index (Phi) is 4.37. The summed E-state index contributed by atoms with van der Waals surface area (Å²) >= 11 is 0. The zero-order valence-corrected chi connectivity index (χ0v) is 10.2. The molecule has 88 valence electrons. The maximum absolute atomic E-state index is 3.66. The molecule has 0 radical (unpaired) electrons. The van der Waals surface area contributed by atoms with Crippen LogP contribution in [0.3, 0.4) is 0 Å². The van der Waals surface area contributed by atoms with Gasteiger partial charge in [0.25, 0.3) is 0 Å². The molecule has 2 rings (SSSR count). The molecular weight excluding hydrogens is 196 g/mol. The van der Waals surface area contributed by atoms with Crippen LogP contribution in [0.4, 0.5) is 0 Å². The van der Waals surface area contributed by atoms with Gasteiger partial charge in [-0.15, -0.1) is 0 Å². The summed E-state index contributed by atoms with van der Waals surface area (Å²) in [5.41, 5.74) is 1.43. The highest BCUT2D eigenvalue weighted by atomic mass is 15.1. The third-order valence-electron chi connectivity index (χ3n) is 3.31. The fraction of sp³-hybridized carbons (Fsp3) is 0.571. The first-order valence-electron chi connectivity index (χ1n) is 6.30. The minimum Gasteiger partial charge on any atom is -0.312 e. The Morgan fingerprint density at radius 2 is 2.12 bits per heavy atom. The van der Waals surface area contributed by atoms with Crippen molar-refractivity contribution in [3.05, 3.63) is 35.9 Å². The van der Waals surface area contributed by atoms with Crippen molar-refractivity contribution < 1.29 is 0 Å². The molecular formula is C14H22N2. The van der Waals surface area contributed by atoms with Crippen LogP contribution in [0.1, 0.15) is 18.4 Å². The first-order valence-corrected chi connectivity index (χ1v) is 6.30. The average Bonchev–Trinajstić information content (AvgIpc) is 2.30. The molecule has 1 N–H and O–H groups in total. The molecule has 1 heterocycles. The smallest absolute Gasteiger partial charge is 0.0195 e. The zero-order chi connectivity index (χ0) is 11.2. The highest BCUT2D eigenvalue weighted by Crippen LogP contribution is 2.08. The van der Waals surface area contributed by atoms with Crippen LogP contribution in [0.15, 0.2) is 30.3 Å². The second kappa shape index (κ2) is 6.02. The van der Waals surface area contributed by atoms with Gasteiger partial charge >= 0.3 is 0 Å². The van der Waals surface area contributed by atoms with Crippen LogP contribution in [0, 0.1) is 0 Å². The molecule has 0 aliphatic carbocycles. The van der Waals surface area contributed by atoms with Crippen molar-refractivity contribution in [3.8, 4) is 0 Å². The van der Waals surface area contributed by atoms with Crippen LogP contribution in [-0.2, 0) is 6.42 Å². The number of rotatable bonds is 4. The predicted octanol–water partition coefficient (Wildman–Crippen LogP) is 1.91. The number of hydrogen-bond acceptors (Lipinski definition) is 2.